The Labute approximate surface area is 125 Å². The number of ether oxygens (including phenoxy) is 1. The van der Waals surface area contributed by atoms with Gasteiger partial charge in [-0.15, -0.1) is 11.3 Å². The van der Waals surface area contributed by atoms with Crippen molar-refractivity contribution >= 4 is 22.7 Å². The molecule has 0 unspecified atom stereocenters. The molecule has 2 aromatic rings. The van der Waals surface area contributed by atoms with Gasteiger partial charge < -0.3 is 9.57 Å². The van der Waals surface area contributed by atoms with E-state index in [9.17, 15) is 10.1 Å². The zero-order valence-electron chi connectivity index (χ0n) is 11.6. The number of benzene rings is 1. The van der Waals surface area contributed by atoms with E-state index in [-0.39, 0.29) is 12.3 Å². The lowest BCUT2D eigenvalue weighted by atomic mass is 10.2. The van der Waals surface area contributed by atoms with Gasteiger partial charge in [-0.3, -0.25) is 10.1 Å². The Kier molecular flexibility index (Phi) is 4.89. The van der Waals surface area contributed by atoms with Crippen LogP contribution in [0.1, 0.15) is 17.4 Å². The van der Waals surface area contributed by atoms with Crippen LogP contribution in [-0.4, -0.2) is 17.7 Å². The fourth-order valence-electron chi connectivity index (χ4n) is 1.71. The normalized spacial score (nSPS) is 11.2. The number of thiophene rings is 1. The number of nitro groups is 1. The first-order chi connectivity index (χ1) is 10.1. The number of nitro benzene ring substituents is 1. The van der Waals surface area contributed by atoms with Crippen LogP contribution in [0.25, 0.3) is 0 Å². The van der Waals surface area contributed by atoms with Gasteiger partial charge in [0.15, 0.2) is 0 Å². The van der Waals surface area contributed by atoms with Gasteiger partial charge in [-0.2, -0.15) is 0 Å². The van der Waals surface area contributed by atoms with Gasteiger partial charge >= 0.3 is 0 Å². The van der Waals surface area contributed by atoms with Crippen LogP contribution in [0.15, 0.2) is 40.9 Å². The molecule has 0 aliphatic rings. The molecule has 0 bridgehead atoms. The van der Waals surface area contributed by atoms with E-state index in [1.54, 1.807) is 23.5 Å². The summed E-state index contributed by atoms with van der Waals surface area (Å²) in [4.78, 5) is 16.8. The van der Waals surface area contributed by atoms with Gasteiger partial charge in [-0.1, -0.05) is 11.2 Å². The highest BCUT2D eigenvalue weighted by Crippen LogP contribution is 2.24. The molecule has 0 aliphatic heterocycles. The van der Waals surface area contributed by atoms with Crippen molar-refractivity contribution in [3.8, 4) is 5.75 Å². The smallest absolute Gasteiger partial charge is 0.276 e. The van der Waals surface area contributed by atoms with Gasteiger partial charge in [0.1, 0.15) is 12.4 Å². The third-order valence-corrected chi connectivity index (χ3v) is 3.76. The Morgan fingerprint density at radius 1 is 1.43 bits per heavy atom. The molecule has 2 rings (SSSR count). The maximum Gasteiger partial charge on any atom is 0.276 e. The summed E-state index contributed by atoms with van der Waals surface area (Å²) in [6, 6.07) is 8.37. The molecule has 0 fully saturated rings. The first kappa shape index (κ1) is 15.0. The van der Waals surface area contributed by atoms with Gasteiger partial charge in [0.05, 0.1) is 28.2 Å². The molecule has 1 heterocycles. The highest BCUT2D eigenvalue weighted by atomic mass is 32.1. The molecule has 7 heteroatoms. The van der Waals surface area contributed by atoms with E-state index in [1.807, 2.05) is 24.4 Å². The van der Waals surface area contributed by atoms with Crippen molar-refractivity contribution in [3.63, 3.8) is 0 Å². The summed E-state index contributed by atoms with van der Waals surface area (Å²) in [6.07, 6.45) is 0. The predicted octanol–water partition coefficient (Wildman–Crippen LogP) is 3.61. The Balaban J connectivity index is 2.12. The van der Waals surface area contributed by atoms with Crippen molar-refractivity contribution in [1.29, 1.82) is 0 Å². The van der Waals surface area contributed by atoms with Crippen molar-refractivity contribution in [1.82, 2.24) is 0 Å². The van der Waals surface area contributed by atoms with Crippen LogP contribution in [0, 0.1) is 10.1 Å². The lowest BCUT2D eigenvalue weighted by Crippen LogP contribution is -1.99. The standard InChI is InChI=1S/C14H14N2O4S/c1-10(14-4-3-7-21-14)15-20-9-11-8-12(19-2)5-6-13(11)16(17)18/h3-8H,9H2,1-2H3/b15-10+. The number of rotatable bonds is 6. The maximum atomic E-state index is 11.0. The van der Waals surface area contributed by atoms with Crippen LogP contribution >= 0.6 is 11.3 Å². The lowest BCUT2D eigenvalue weighted by Gasteiger charge is -2.05. The summed E-state index contributed by atoms with van der Waals surface area (Å²) in [7, 11) is 1.50. The molecule has 0 spiro atoms. The molecule has 0 radical (unpaired) electrons. The summed E-state index contributed by atoms with van der Waals surface area (Å²) in [5, 5.41) is 16.9. The molecule has 0 saturated heterocycles. The van der Waals surface area contributed by atoms with Crippen LogP contribution in [-0.2, 0) is 11.4 Å². The van der Waals surface area contributed by atoms with Crippen molar-refractivity contribution in [2.75, 3.05) is 7.11 Å². The maximum absolute atomic E-state index is 11.0. The number of hydrogen-bond acceptors (Lipinski definition) is 6. The second kappa shape index (κ2) is 6.85. The zero-order chi connectivity index (χ0) is 15.2. The zero-order valence-corrected chi connectivity index (χ0v) is 12.4. The lowest BCUT2D eigenvalue weighted by molar-refractivity contribution is -0.386. The number of methoxy groups -OCH3 is 1. The molecule has 0 atom stereocenters. The first-order valence-electron chi connectivity index (χ1n) is 6.13. The summed E-state index contributed by atoms with van der Waals surface area (Å²) in [5.41, 5.74) is 1.14. The Hall–Kier alpha value is -2.41. The SMILES string of the molecule is COc1ccc([N+](=O)[O-])c(CO/N=C(\C)c2cccs2)c1. The van der Waals surface area contributed by atoms with Crippen LogP contribution in [0.5, 0.6) is 5.75 Å². The van der Waals surface area contributed by atoms with Crippen molar-refractivity contribution in [2.45, 2.75) is 13.5 Å². The molecule has 1 aromatic heterocycles. The van der Waals surface area contributed by atoms with Crippen molar-refractivity contribution < 1.29 is 14.5 Å². The minimum atomic E-state index is -0.450. The molecular formula is C14H14N2O4S. The van der Waals surface area contributed by atoms with Gasteiger partial charge in [-0.05, 0) is 30.5 Å². The van der Waals surface area contributed by atoms with Gasteiger partial charge in [0.2, 0.25) is 0 Å². The quantitative estimate of drug-likeness (QED) is 0.464. The molecule has 21 heavy (non-hydrogen) atoms. The molecule has 0 amide bonds. The van der Waals surface area contributed by atoms with Crippen molar-refractivity contribution in [3.05, 3.63) is 56.3 Å². The van der Waals surface area contributed by atoms with E-state index in [2.05, 4.69) is 5.16 Å². The number of hydrogen-bond donors (Lipinski definition) is 0. The highest BCUT2D eigenvalue weighted by molar-refractivity contribution is 7.12. The summed E-state index contributed by atoms with van der Waals surface area (Å²) < 4.78 is 5.06. The largest absolute Gasteiger partial charge is 0.497 e. The average molecular weight is 306 g/mol. The van der Waals surface area contributed by atoms with E-state index < -0.39 is 4.92 Å². The number of oxime groups is 1. The van der Waals surface area contributed by atoms with E-state index in [4.69, 9.17) is 9.57 Å². The highest BCUT2D eigenvalue weighted by Gasteiger charge is 2.15. The second-order valence-corrected chi connectivity index (χ2v) is 5.13. The Bertz CT molecular complexity index is 653. The monoisotopic (exact) mass is 306 g/mol. The molecule has 0 aliphatic carbocycles. The van der Waals surface area contributed by atoms with E-state index in [0.29, 0.717) is 11.3 Å². The van der Waals surface area contributed by atoms with Crippen LogP contribution in [0.3, 0.4) is 0 Å². The van der Waals surface area contributed by atoms with Crippen LogP contribution < -0.4 is 4.74 Å². The molecule has 1 aromatic carbocycles. The minimum absolute atomic E-state index is 0.0101. The van der Waals surface area contributed by atoms with Crippen LogP contribution in [0.4, 0.5) is 5.69 Å². The fourth-order valence-corrected chi connectivity index (χ4v) is 2.38. The molecule has 6 nitrogen and oxygen atoms in total. The first-order valence-corrected chi connectivity index (χ1v) is 7.01. The summed E-state index contributed by atoms with van der Waals surface area (Å²) in [6.45, 7) is 1.84. The molecule has 0 N–H and O–H groups in total. The summed E-state index contributed by atoms with van der Waals surface area (Å²) >= 11 is 1.55. The average Bonchev–Trinajstić information content (AvgIpc) is 3.01. The van der Waals surface area contributed by atoms with Gasteiger partial charge in [0.25, 0.3) is 5.69 Å². The fraction of sp³-hybridized carbons (Fsp3) is 0.214. The molecular weight excluding hydrogens is 292 g/mol. The Morgan fingerprint density at radius 3 is 2.86 bits per heavy atom. The third-order valence-electron chi connectivity index (χ3n) is 2.78. The third kappa shape index (κ3) is 3.79. The Morgan fingerprint density at radius 2 is 2.24 bits per heavy atom. The van der Waals surface area contributed by atoms with Crippen molar-refractivity contribution in [2.24, 2.45) is 5.16 Å². The van der Waals surface area contributed by atoms with E-state index >= 15 is 0 Å². The molecule has 0 saturated carbocycles. The molecule has 110 valence electrons. The van der Waals surface area contributed by atoms with Gasteiger partial charge in [0, 0.05) is 6.07 Å². The van der Waals surface area contributed by atoms with E-state index in [0.717, 1.165) is 10.6 Å². The van der Waals surface area contributed by atoms with Crippen LogP contribution in [0.2, 0.25) is 0 Å². The predicted molar refractivity (Wildman–Crippen MR) is 81.0 cm³/mol. The minimum Gasteiger partial charge on any atom is -0.497 e. The second-order valence-electron chi connectivity index (χ2n) is 4.18. The van der Waals surface area contributed by atoms with Gasteiger partial charge in [-0.25, -0.2) is 0 Å². The van der Waals surface area contributed by atoms with E-state index in [1.165, 1.54) is 13.2 Å². The summed E-state index contributed by atoms with van der Waals surface area (Å²) in [5.74, 6) is 0.540. The topological polar surface area (TPSA) is 74.0 Å². The number of nitrogens with zero attached hydrogens (tertiary/aromatic N) is 2.